The van der Waals surface area contributed by atoms with Crippen LogP contribution >= 0.6 is 0 Å². The van der Waals surface area contributed by atoms with Crippen molar-refractivity contribution in [2.75, 3.05) is 0 Å². The fraction of sp³-hybridized carbons (Fsp3) is 0.182. The Balaban J connectivity index is 1.98. The third-order valence-electron chi connectivity index (χ3n) is 5.14. The number of para-hydroxylation sites is 1. The average molecular weight is 313 g/mol. The number of benzene rings is 3. The molecule has 0 radical (unpaired) electrons. The van der Waals surface area contributed by atoms with Crippen LogP contribution in [0.2, 0.25) is 0 Å². The summed E-state index contributed by atoms with van der Waals surface area (Å²) in [5, 5.41) is 5.05. The molecule has 5 aromatic rings. The molecule has 0 aliphatic carbocycles. The molecule has 5 rings (SSSR count). The van der Waals surface area contributed by atoms with E-state index in [1.807, 2.05) is 0 Å². The molecule has 2 aromatic heterocycles. The van der Waals surface area contributed by atoms with Crippen molar-refractivity contribution >= 4 is 43.7 Å². The van der Waals surface area contributed by atoms with Crippen LogP contribution in [-0.2, 0) is 13.5 Å². The van der Waals surface area contributed by atoms with Crippen molar-refractivity contribution in [1.29, 1.82) is 0 Å². The van der Waals surface area contributed by atoms with Gasteiger partial charge in [0, 0.05) is 39.6 Å². The van der Waals surface area contributed by atoms with Gasteiger partial charge >= 0.3 is 0 Å². The van der Waals surface area contributed by atoms with Crippen molar-refractivity contribution < 1.29 is 4.42 Å². The monoisotopic (exact) mass is 313 g/mol. The van der Waals surface area contributed by atoms with Gasteiger partial charge in [-0.2, -0.15) is 0 Å². The Labute approximate surface area is 140 Å². The smallest absolute Gasteiger partial charge is 0.136 e. The number of fused-ring (bicyclic) bond motifs is 6. The Morgan fingerprint density at radius 2 is 1.71 bits per heavy atom. The third-order valence-corrected chi connectivity index (χ3v) is 5.14. The molecule has 118 valence electrons. The summed E-state index contributed by atoms with van der Waals surface area (Å²) in [5.74, 6) is 0. The van der Waals surface area contributed by atoms with Crippen LogP contribution in [0.15, 0.2) is 59.0 Å². The van der Waals surface area contributed by atoms with E-state index in [4.69, 9.17) is 4.42 Å². The lowest BCUT2D eigenvalue weighted by atomic mass is 10.0. The van der Waals surface area contributed by atoms with Crippen molar-refractivity contribution in [2.45, 2.75) is 19.8 Å². The molecular formula is C22H19NO. The van der Waals surface area contributed by atoms with Gasteiger partial charge < -0.3 is 8.98 Å². The summed E-state index contributed by atoms with van der Waals surface area (Å²) >= 11 is 0. The summed E-state index contributed by atoms with van der Waals surface area (Å²) < 4.78 is 8.48. The lowest BCUT2D eigenvalue weighted by Gasteiger charge is -2.01. The first-order chi connectivity index (χ1) is 11.8. The van der Waals surface area contributed by atoms with E-state index in [1.54, 1.807) is 0 Å². The zero-order valence-electron chi connectivity index (χ0n) is 14.0. The Morgan fingerprint density at radius 3 is 2.58 bits per heavy atom. The van der Waals surface area contributed by atoms with Crippen LogP contribution in [0.25, 0.3) is 43.7 Å². The molecule has 0 atom stereocenters. The molecule has 2 nitrogen and oxygen atoms in total. The average Bonchev–Trinajstić information content (AvgIpc) is 3.10. The molecule has 0 N–H and O–H groups in total. The summed E-state index contributed by atoms with van der Waals surface area (Å²) in [6.45, 7) is 2.23. The topological polar surface area (TPSA) is 18.1 Å². The number of hydrogen-bond acceptors (Lipinski definition) is 1. The standard InChI is InChI=1S/C22H19NO/c1-3-7-14-8-6-11-20-22(14)17-12-19-16(13-21(17)24-20)15-9-4-5-10-18(15)23(19)2/h4-6,8-13H,3,7H2,1-2H3. The third kappa shape index (κ3) is 1.71. The van der Waals surface area contributed by atoms with E-state index in [0.717, 1.165) is 24.0 Å². The predicted molar refractivity (Wildman–Crippen MR) is 102 cm³/mol. The number of aryl methyl sites for hydroxylation is 2. The SMILES string of the molecule is CCCc1cccc2oc3cc4c5ccccc5n(C)c4cc3c12. The molecule has 0 aliphatic heterocycles. The Kier molecular flexibility index (Phi) is 2.78. The van der Waals surface area contributed by atoms with Gasteiger partial charge in [-0.05, 0) is 36.2 Å². The summed E-state index contributed by atoms with van der Waals surface area (Å²) in [6.07, 6.45) is 2.22. The minimum absolute atomic E-state index is 0.984. The predicted octanol–water partition coefficient (Wildman–Crippen LogP) is 6.18. The number of aromatic nitrogens is 1. The second-order valence-electron chi connectivity index (χ2n) is 6.58. The van der Waals surface area contributed by atoms with Gasteiger partial charge in [0.2, 0.25) is 0 Å². The van der Waals surface area contributed by atoms with Gasteiger partial charge in [0.25, 0.3) is 0 Å². The highest BCUT2D eigenvalue weighted by atomic mass is 16.3. The van der Waals surface area contributed by atoms with Crippen molar-refractivity contribution in [3.63, 3.8) is 0 Å². The van der Waals surface area contributed by atoms with Crippen molar-refractivity contribution in [3.05, 3.63) is 60.2 Å². The largest absolute Gasteiger partial charge is 0.456 e. The first-order valence-electron chi connectivity index (χ1n) is 8.59. The van der Waals surface area contributed by atoms with Crippen molar-refractivity contribution in [1.82, 2.24) is 4.57 Å². The molecule has 0 unspecified atom stereocenters. The summed E-state index contributed by atoms with van der Waals surface area (Å²) in [4.78, 5) is 0. The molecule has 3 aromatic carbocycles. The molecule has 0 aliphatic rings. The van der Waals surface area contributed by atoms with Crippen LogP contribution in [0.4, 0.5) is 0 Å². The maximum absolute atomic E-state index is 6.20. The van der Waals surface area contributed by atoms with Gasteiger partial charge in [-0.15, -0.1) is 0 Å². The second kappa shape index (κ2) is 4.88. The van der Waals surface area contributed by atoms with Gasteiger partial charge in [0.1, 0.15) is 11.2 Å². The van der Waals surface area contributed by atoms with Crippen LogP contribution in [0, 0.1) is 0 Å². The molecule has 0 saturated carbocycles. The quantitative estimate of drug-likeness (QED) is 0.380. The number of nitrogens with zero attached hydrogens (tertiary/aromatic N) is 1. The van der Waals surface area contributed by atoms with Crippen LogP contribution < -0.4 is 0 Å². The first-order valence-corrected chi connectivity index (χ1v) is 8.59. The number of hydrogen-bond donors (Lipinski definition) is 0. The zero-order chi connectivity index (χ0) is 16.3. The lowest BCUT2D eigenvalue weighted by Crippen LogP contribution is -1.86. The molecule has 0 fully saturated rings. The van der Waals surface area contributed by atoms with E-state index in [1.165, 1.54) is 38.1 Å². The number of rotatable bonds is 2. The Hall–Kier alpha value is -2.74. The summed E-state index contributed by atoms with van der Waals surface area (Å²) in [5.41, 5.74) is 5.88. The van der Waals surface area contributed by atoms with E-state index in [9.17, 15) is 0 Å². The number of furan rings is 1. The van der Waals surface area contributed by atoms with E-state index < -0.39 is 0 Å². The van der Waals surface area contributed by atoms with Gasteiger partial charge in [-0.25, -0.2) is 0 Å². The first kappa shape index (κ1) is 13.7. The molecule has 2 heterocycles. The van der Waals surface area contributed by atoms with Crippen molar-refractivity contribution in [3.8, 4) is 0 Å². The molecular weight excluding hydrogens is 294 g/mol. The van der Waals surface area contributed by atoms with Crippen LogP contribution in [0.5, 0.6) is 0 Å². The van der Waals surface area contributed by atoms with E-state index >= 15 is 0 Å². The minimum Gasteiger partial charge on any atom is -0.456 e. The molecule has 0 spiro atoms. The second-order valence-corrected chi connectivity index (χ2v) is 6.58. The highest BCUT2D eigenvalue weighted by Crippen LogP contribution is 2.37. The fourth-order valence-corrected chi connectivity index (χ4v) is 4.03. The Bertz CT molecular complexity index is 1220. The van der Waals surface area contributed by atoms with Gasteiger partial charge in [0.15, 0.2) is 0 Å². The fourth-order valence-electron chi connectivity index (χ4n) is 4.03. The maximum atomic E-state index is 6.20. The van der Waals surface area contributed by atoms with E-state index in [-0.39, 0.29) is 0 Å². The zero-order valence-corrected chi connectivity index (χ0v) is 14.0. The molecule has 0 amide bonds. The molecule has 24 heavy (non-hydrogen) atoms. The molecule has 0 saturated heterocycles. The van der Waals surface area contributed by atoms with Crippen molar-refractivity contribution in [2.24, 2.45) is 7.05 Å². The van der Waals surface area contributed by atoms with E-state index in [2.05, 4.69) is 73.1 Å². The summed E-state index contributed by atoms with van der Waals surface area (Å²) in [6, 6.07) is 19.5. The van der Waals surface area contributed by atoms with Crippen LogP contribution in [-0.4, -0.2) is 4.57 Å². The summed E-state index contributed by atoms with van der Waals surface area (Å²) in [7, 11) is 2.14. The van der Waals surface area contributed by atoms with Crippen LogP contribution in [0.1, 0.15) is 18.9 Å². The van der Waals surface area contributed by atoms with Crippen LogP contribution in [0.3, 0.4) is 0 Å². The normalized spacial score (nSPS) is 12.1. The highest BCUT2D eigenvalue weighted by molar-refractivity contribution is 6.16. The van der Waals surface area contributed by atoms with Gasteiger partial charge in [0.05, 0.1) is 0 Å². The maximum Gasteiger partial charge on any atom is 0.136 e. The van der Waals surface area contributed by atoms with E-state index in [0.29, 0.717) is 0 Å². The van der Waals surface area contributed by atoms with Gasteiger partial charge in [-0.1, -0.05) is 43.7 Å². The van der Waals surface area contributed by atoms with Gasteiger partial charge in [-0.3, -0.25) is 0 Å². The lowest BCUT2D eigenvalue weighted by molar-refractivity contribution is 0.669. The molecule has 2 heteroatoms. The highest BCUT2D eigenvalue weighted by Gasteiger charge is 2.15. The minimum atomic E-state index is 0.984. The Morgan fingerprint density at radius 1 is 0.833 bits per heavy atom. The molecule has 0 bridgehead atoms.